The van der Waals surface area contributed by atoms with Gasteiger partial charge in [-0.1, -0.05) is 0 Å². The van der Waals surface area contributed by atoms with E-state index in [0.717, 1.165) is 0 Å². The third-order valence-electron chi connectivity index (χ3n) is 6.76. The molecule has 3 aliphatic heterocycles. The van der Waals surface area contributed by atoms with E-state index in [9.17, 15) is 14.0 Å². The molecule has 1 aromatic carbocycles. The van der Waals surface area contributed by atoms with Gasteiger partial charge < -0.3 is 24.4 Å². The number of ether oxygens (including phenoxy) is 3. The summed E-state index contributed by atoms with van der Waals surface area (Å²) in [5.41, 5.74) is 2.66. The zero-order valence-corrected chi connectivity index (χ0v) is 20.1. The Labute approximate surface area is 211 Å². The molecule has 6 rings (SSSR count). The number of piperazine rings is 1. The molecule has 2 fully saturated rings. The van der Waals surface area contributed by atoms with Gasteiger partial charge in [-0.2, -0.15) is 0 Å². The van der Waals surface area contributed by atoms with E-state index in [1.807, 2.05) is 4.90 Å². The van der Waals surface area contributed by atoms with Crippen LogP contribution in [0.2, 0.25) is 0 Å². The Morgan fingerprint density at radius 1 is 1.16 bits per heavy atom. The quantitative estimate of drug-likeness (QED) is 0.555. The fourth-order valence-corrected chi connectivity index (χ4v) is 4.94. The van der Waals surface area contributed by atoms with Gasteiger partial charge in [-0.3, -0.25) is 19.6 Å². The average Bonchev–Trinajstić information content (AvgIpc) is 3.28. The van der Waals surface area contributed by atoms with Crippen molar-refractivity contribution in [2.45, 2.75) is 6.10 Å². The molecule has 12 heteroatoms. The normalized spacial score (nSPS) is 19.9. The Hall–Kier alpha value is -4.19. The number of amides is 2. The molecule has 0 aliphatic carbocycles. The van der Waals surface area contributed by atoms with Gasteiger partial charge >= 0.3 is 6.09 Å². The summed E-state index contributed by atoms with van der Waals surface area (Å²) < 4.78 is 31.1. The maximum atomic E-state index is 14.8. The van der Waals surface area contributed by atoms with Crippen molar-refractivity contribution < 1.29 is 28.2 Å². The number of carbonyl (C=O) groups excluding carboxylic acids is 2. The lowest BCUT2D eigenvalue weighted by Crippen LogP contribution is -2.49. The van der Waals surface area contributed by atoms with Crippen LogP contribution in [0.3, 0.4) is 0 Å². The van der Waals surface area contributed by atoms with Gasteiger partial charge in [0, 0.05) is 44.5 Å². The van der Waals surface area contributed by atoms with Crippen LogP contribution in [0.15, 0.2) is 36.5 Å². The van der Waals surface area contributed by atoms with Crippen LogP contribution in [-0.4, -0.2) is 86.0 Å². The second kappa shape index (κ2) is 9.36. The number of carbonyl (C=O) groups is 2. The summed E-state index contributed by atoms with van der Waals surface area (Å²) in [5, 5.41) is 2.76. The first-order valence-corrected chi connectivity index (χ1v) is 12.0. The highest BCUT2D eigenvalue weighted by Crippen LogP contribution is 2.34. The highest BCUT2D eigenvalue weighted by molar-refractivity contribution is 5.97. The summed E-state index contributed by atoms with van der Waals surface area (Å²) >= 11 is 0. The van der Waals surface area contributed by atoms with Gasteiger partial charge in [-0.15, -0.1) is 0 Å². The molecule has 0 spiro atoms. The van der Waals surface area contributed by atoms with Crippen molar-refractivity contribution in [1.82, 2.24) is 14.9 Å². The number of rotatable bonds is 5. The summed E-state index contributed by atoms with van der Waals surface area (Å²) in [6.07, 6.45) is 0.477. The molecule has 2 amide bonds. The molecule has 0 radical (unpaired) electrons. The van der Waals surface area contributed by atoms with E-state index in [2.05, 4.69) is 20.2 Å². The minimum Gasteiger partial charge on any atom is -0.482 e. The number of nitrogens with one attached hydrogen (secondary N) is 1. The predicted molar refractivity (Wildman–Crippen MR) is 133 cm³/mol. The second-order valence-electron chi connectivity index (χ2n) is 9.10. The number of nitrogens with zero attached hydrogens (tertiary/aromatic N) is 5. The summed E-state index contributed by atoms with van der Waals surface area (Å²) in [4.78, 5) is 38.6. The highest BCUT2D eigenvalue weighted by Gasteiger charge is 2.35. The topological polar surface area (TPSA) is 109 Å². The van der Waals surface area contributed by atoms with Crippen LogP contribution in [0, 0.1) is 5.82 Å². The molecule has 1 unspecified atom stereocenters. The number of hydrogen-bond acceptors (Lipinski definition) is 9. The fraction of sp³-hybridized carbons (Fsp3) is 0.360. The molecule has 0 saturated carbocycles. The standard InChI is InChI=1S/C25H25FN6O5/c1-35-22-5-3-18-23(29-22)24(17(26)11-27-18)31-8-6-30(7-9-31)12-16-13-32(25(34)37-16)15-2-4-20-19(10-15)28-21(33)14-36-20/h2-5,10-11,16H,6-9,12-14H2,1H3,(H,28,33). The van der Waals surface area contributed by atoms with E-state index in [1.165, 1.54) is 13.3 Å². The molecule has 192 valence electrons. The number of anilines is 3. The summed E-state index contributed by atoms with van der Waals surface area (Å²) in [7, 11) is 1.52. The monoisotopic (exact) mass is 508 g/mol. The molecule has 0 bridgehead atoms. The van der Waals surface area contributed by atoms with Crippen molar-refractivity contribution in [3.05, 3.63) is 42.3 Å². The number of fused-ring (bicyclic) bond motifs is 2. The van der Waals surface area contributed by atoms with Crippen LogP contribution < -0.4 is 24.6 Å². The first kappa shape index (κ1) is 23.2. The third kappa shape index (κ3) is 4.44. The number of benzene rings is 1. The second-order valence-corrected chi connectivity index (χ2v) is 9.10. The maximum absolute atomic E-state index is 14.8. The lowest BCUT2D eigenvalue weighted by molar-refractivity contribution is -0.118. The van der Waals surface area contributed by atoms with Gasteiger partial charge in [-0.05, 0) is 24.3 Å². The zero-order chi connectivity index (χ0) is 25.5. The maximum Gasteiger partial charge on any atom is 0.414 e. The highest BCUT2D eigenvalue weighted by atomic mass is 19.1. The van der Waals surface area contributed by atoms with Crippen molar-refractivity contribution in [2.75, 3.05) is 68.1 Å². The van der Waals surface area contributed by atoms with E-state index in [0.29, 0.717) is 79.0 Å². The van der Waals surface area contributed by atoms with E-state index >= 15 is 0 Å². The van der Waals surface area contributed by atoms with Gasteiger partial charge in [-0.25, -0.2) is 14.2 Å². The number of cyclic esters (lactones) is 1. The molecule has 3 aromatic rings. The molecule has 1 N–H and O–H groups in total. The SMILES string of the molecule is COc1ccc2ncc(F)c(N3CCN(CC4CN(c5ccc6c(c5)NC(=O)CO6)C(=O)O4)CC3)c2n1. The zero-order valence-electron chi connectivity index (χ0n) is 20.1. The Morgan fingerprint density at radius 2 is 2.00 bits per heavy atom. The minimum absolute atomic E-state index is 0.0256. The number of methoxy groups -OCH3 is 1. The van der Waals surface area contributed by atoms with Crippen LogP contribution in [0.5, 0.6) is 11.6 Å². The Bertz CT molecular complexity index is 1380. The molecule has 37 heavy (non-hydrogen) atoms. The Kier molecular flexibility index (Phi) is 5.87. The largest absolute Gasteiger partial charge is 0.482 e. The Morgan fingerprint density at radius 3 is 2.81 bits per heavy atom. The molecule has 2 aromatic heterocycles. The van der Waals surface area contributed by atoms with Crippen molar-refractivity contribution >= 4 is 40.1 Å². The van der Waals surface area contributed by atoms with E-state index in [-0.39, 0.29) is 18.6 Å². The summed E-state index contributed by atoms with van der Waals surface area (Å²) in [6.45, 7) is 3.44. The van der Waals surface area contributed by atoms with Gasteiger partial charge in [0.15, 0.2) is 12.4 Å². The summed E-state index contributed by atoms with van der Waals surface area (Å²) in [5.74, 6) is 0.313. The Balaban J connectivity index is 1.10. The number of pyridine rings is 2. The van der Waals surface area contributed by atoms with Crippen LogP contribution in [-0.2, 0) is 9.53 Å². The van der Waals surface area contributed by atoms with E-state index in [1.54, 1.807) is 35.2 Å². The molecular formula is C25H25FN6O5. The number of aromatic nitrogens is 2. The fourth-order valence-electron chi connectivity index (χ4n) is 4.94. The van der Waals surface area contributed by atoms with Crippen molar-refractivity contribution in [1.29, 1.82) is 0 Å². The van der Waals surface area contributed by atoms with Crippen molar-refractivity contribution in [3.63, 3.8) is 0 Å². The van der Waals surface area contributed by atoms with Crippen LogP contribution in [0.4, 0.5) is 26.2 Å². The average molecular weight is 509 g/mol. The first-order chi connectivity index (χ1) is 18.0. The number of halogens is 1. The van der Waals surface area contributed by atoms with Crippen molar-refractivity contribution in [3.8, 4) is 11.6 Å². The van der Waals surface area contributed by atoms with Gasteiger partial charge in [0.05, 0.1) is 31.1 Å². The predicted octanol–water partition coefficient (Wildman–Crippen LogP) is 2.26. The third-order valence-corrected chi connectivity index (χ3v) is 6.76. The molecule has 2 saturated heterocycles. The molecular weight excluding hydrogens is 483 g/mol. The molecule has 5 heterocycles. The molecule has 11 nitrogen and oxygen atoms in total. The molecule has 3 aliphatic rings. The minimum atomic E-state index is -0.433. The van der Waals surface area contributed by atoms with Crippen LogP contribution in [0.1, 0.15) is 0 Å². The van der Waals surface area contributed by atoms with Crippen LogP contribution >= 0.6 is 0 Å². The van der Waals surface area contributed by atoms with E-state index < -0.39 is 11.9 Å². The van der Waals surface area contributed by atoms with Crippen LogP contribution in [0.25, 0.3) is 11.0 Å². The smallest absolute Gasteiger partial charge is 0.414 e. The number of hydrogen-bond donors (Lipinski definition) is 1. The lowest BCUT2D eigenvalue weighted by atomic mass is 10.2. The van der Waals surface area contributed by atoms with Gasteiger partial charge in [0.1, 0.15) is 23.1 Å². The van der Waals surface area contributed by atoms with E-state index in [4.69, 9.17) is 14.2 Å². The first-order valence-electron chi connectivity index (χ1n) is 12.0. The van der Waals surface area contributed by atoms with Crippen molar-refractivity contribution in [2.24, 2.45) is 0 Å². The molecule has 1 atom stereocenters. The van der Waals surface area contributed by atoms with Gasteiger partial charge in [0.2, 0.25) is 5.88 Å². The summed E-state index contributed by atoms with van der Waals surface area (Å²) in [6, 6.07) is 8.69. The lowest BCUT2D eigenvalue weighted by Gasteiger charge is -2.37. The van der Waals surface area contributed by atoms with Gasteiger partial charge in [0.25, 0.3) is 5.91 Å².